The molecule has 0 spiro atoms. The van der Waals surface area contributed by atoms with Gasteiger partial charge < -0.3 is 15.1 Å². The standard InChI is InChI=1S/C21H21N3O3/c25-19-14-24(18-8-4-3-7-17(18)22-19)21(27)10-9-20(26)23-12-11-15-5-1-2-6-16(15)13-23/h1-8H,9-14H2,(H,22,25). The summed E-state index contributed by atoms with van der Waals surface area (Å²) in [7, 11) is 0. The smallest absolute Gasteiger partial charge is 0.244 e. The molecule has 2 heterocycles. The molecule has 6 heteroatoms. The fraction of sp³-hybridized carbons (Fsp3) is 0.286. The Bertz CT molecular complexity index is 909. The van der Waals surface area contributed by atoms with E-state index in [1.54, 1.807) is 12.1 Å². The van der Waals surface area contributed by atoms with E-state index in [0.29, 0.717) is 24.5 Å². The largest absolute Gasteiger partial charge is 0.338 e. The number of nitrogens with one attached hydrogen (secondary N) is 1. The van der Waals surface area contributed by atoms with Crippen molar-refractivity contribution in [1.29, 1.82) is 0 Å². The first-order valence-electron chi connectivity index (χ1n) is 9.15. The molecule has 0 saturated heterocycles. The molecule has 0 bridgehead atoms. The van der Waals surface area contributed by atoms with Gasteiger partial charge in [0.25, 0.3) is 0 Å². The monoisotopic (exact) mass is 363 g/mol. The second-order valence-electron chi connectivity index (χ2n) is 6.88. The molecule has 138 valence electrons. The molecule has 2 aromatic carbocycles. The minimum atomic E-state index is -0.221. The lowest BCUT2D eigenvalue weighted by Gasteiger charge is -2.30. The van der Waals surface area contributed by atoms with Crippen molar-refractivity contribution in [3.05, 3.63) is 59.7 Å². The number of carbonyl (C=O) groups is 3. The highest BCUT2D eigenvalue weighted by molar-refractivity contribution is 6.10. The average Bonchev–Trinajstić information content (AvgIpc) is 2.70. The Hall–Kier alpha value is -3.15. The first-order chi connectivity index (χ1) is 13.1. The van der Waals surface area contributed by atoms with Crippen LogP contribution in [0.3, 0.4) is 0 Å². The number of rotatable bonds is 3. The van der Waals surface area contributed by atoms with Crippen LogP contribution in [-0.4, -0.2) is 35.7 Å². The molecule has 0 aliphatic carbocycles. The van der Waals surface area contributed by atoms with Gasteiger partial charge in [0.1, 0.15) is 6.54 Å². The lowest BCUT2D eigenvalue weighted by Crippen LogP contribution is -2.43. The SMILES string of the molecule is O=C1CN(C(=O)CCC(=O)N2CCc3ccccc3C2)c2ccccc2N1. The van der Waals surface area contributed by atoms with Gasteiger partial charge in [0.15, 0.2) is 0 Å². The highest BCUT2D eigenvalue weighted by Gasteiger charge is 2.27. The number of hydrogen-bond acceptors (Lipinski definition) is 3. The molecule has 2 aromatic rings. The van der Waals surface area contributed by atoms with Gasteiger partial charge in [0.05, 0.1) is 11.4 Å². The molecule has 2 aliphatic rings. The summed E-state index contributed by atoms with van der Waals surface area (Å²) in [4.78, 5) is 40.4. The highest BCUT2D eigenvalue weighted by atomic mass is 16.2. The van der Waals surface area contributed by atoms with Crippen molar-refractivity contribution in [2.24, 2.45) is 0 Å². The molecular formula is C21H21N3O3. The van der Waals surface area contributed by atoms with Gasteiger partial charge in [-0.15, -0.1) is 0 Å². The fourth-order valence-electron chi connectivity index (χ4n) is 3.67. The maximum atomic E-state index is 12.7. The number of amides is 3. The molecule has 0 atom stereocenters. The Labute approximate surface area is 157 Å². The van der Waals surface area contributed by atoms with Gasteiger partial charge >= 0.3 is 0 Å². The zero-order chi connectivity index (χ0) is 18.8. The van der Waals surface area contributed by atoms with Crippen molar-refractivity contribution in [2.75, 3.05) is 23.3 Å². The molecule has 0 aromatic heterocycles. The number of hydrogen-bond donors (Lipinski definition) is 1. The van der Waals surface area contributed by atoms with Crippen molar-refractivity contribution < 1.29 is 14.4 Å². The molecule has 0 saturated carbocycles. The molecule has 4 rings (SSSR count). The molecular weight excluding hydrogens is 342 g/mol. The summed E-state index contributed by atoms with van der Waals surface area (Å²) in [5, 5.41) is 2.76. The number of benzene rings is 2. The van der Waals surface area contributed by atoms with Crippen molar-refractivity contribution >= 4 is 29.1 Å². The van der Waals surface area contributed by atoms with Gasteiger partial charge in [0, 0.05) is 25.9 Å². The van der Waals surface area contributed by atoms with Gasteiger partial charge in [-0.25, -0.2) is 0 Å². The molecule has 3 amide bonds. The van der Waals surface area contributed by atoms with E-state index in [1.165, 1.54) is 16.0 Å². The maximum Gasteiger partial charge on any atom is 0.244 e. The van der Waals surface area contributed by atoms with Gasteiger partial charge in [-0.1, -0.05) is 36.4 Å². The van der Waals surface area contributed by atoms with Crippen LogP contribution in [0.5, 0.6) is 0 Å². The van der Waals surface area contributed by atoms with Crippen molar-refractivity contribution in [3.63, 3.8) is 0 Å². The second kappa shape index (κ2) is 7.23. The molecule has 2 aliphatic heterocycles. The van der Waals surface area contributed by atoms with Gasteiger partial charge in [0.2, 0.25) is 17.7 Å². The Balaban J connectivity index is 1.39. The molecule has 6 nitrogen and oxygen atoms in total. The molecule has 0 unspecified atom stereocenters. The first kappa shape index (κ1) is 17.3. The third kappa shape index (κ3) is 3.56. The molecule has 27 heavy (non-hydrogen) atoms. The summed E-state index contributed by atoms with van der Waals surface area (Å²) in [6.45, 7) is 1.26. The van der Waals surface area contributed by atoms with E-state index in [2.05, 4.69) is 11.4 Å². The normalized spacial score (nSPS) is 15.6. The Morgan fingerprint density at radius 3 is 2.44 bits per heavy atom. The third-order valence-corrected chi connectivity index (χ3v) is 5.11. The minimum Gasteiger partial charge on any atom is -0.338 e. The molecule has 0 fully saturated rings. The van der Waals surface area contributed by atoms with Crippen LogP contribution in [0, 0.1) is 0 Å². The Kier molecular flexibility index (Phi) is 4.62. The lowest BCUT2D eigenvalue weighted by atomic mass is 9.99. The van der Waals surface area contributed by atoms with E-state index < -0.39 is 0 Å². The number of fused-ring (bicyclic) bond motifs is 2. The number of carbonyl (C=O) groups excluding carboxylic acids is 3. The topological polar surface area (TPSA) is 69.7 Å². The third-order valence-electron chi connectivity index (χ3n) is 5.11. The fourth-order valence-corrected chi connectivity index (χ4v) is 3.67. The van der Waals surface area contributed by atoms with E-state index in [1.807, 2.05) is 35.2 Å². The van der Waals surface area contributed by atoms with E-state index >= 15 is 0 Å². The summed E-state index contributed by atoms with van der Waals surface area (Å²) in [5.74, 6) is -0.448. The first-order valence-corrected chi connectivity index (χ1v) is 9.15. The van der Waals surface area contributed by atoms with E-state index in [4.69, 9.17) is 0 Å². The van der Waals surface area contributed by atoms with Crippen molar-refractivity contribution in [2.45, 2.75) is 25.8 Å². The summed E-state index contributed by atoms with van der Waals surface area (Å²) in [6, 6.07) is 15.3. The van der Waals surface area contributed by atoms with Crippen LogP contribution in [0.25, 0.3) is 0 Å². The lowest BCUT2D eigenvalue weighted by molar-refractivity contribution is -0.134. The van der Waals surface area contributed by atoms with Crippen molar-refractivity contribution in [3.8, 4) is 0 Å². The van der Waals surface area contributed by atoms with E-state index in [-0.39, 0.29) is 37.1 Å². The molecule has 0 radical (unpaired) electrons. The predicted octanol–water partition coefficient (Wildman–Crippen LogP) is 2.34. The maximum absolute atomic E-state index is 12.7. The Morgan fingerprint density at radius 2 is 1.59 bits per heavy atom. The van der Waals surface area contributed by atoms with Gasteiger partial charge in [-0.2, -0.15) is 0 Å². The highest BCUT2D eigenvalue weighted by Crippen LogP contribution is 2.29. The summed E-state index contributed by atoms with van der Waals surface area (Å²) in [5.41, 5.74) is 3.76. The quantitative estimate of drug-likeness (QED) is 0.910. The van der Waals surface area contributed by atoms with Gasteiger partial charge in [-0.3, -0.25) is 14.4 Å². The van der Waals surface area contributed by atoms with Crippen LogP contribution in [-0.2, 0) is 27.3 Å². The van der Waals surface area contributed by atoms with Gasteiger partial charge in [-0.05, 0) is 29.7 Å². The summed E-state index contributed by atoms with van der Waals surface area (Å²) >= 11 is 0. The second-order valence-corrected chi connectivity index (χ2v) is 6.88. The van der Waals surface area contributed by atoms with Crippen LogP contribution in [0.4, 0.5) is 11.4 Å². The average molecular weight is 363 g/mol. The number of nitrogens with zero attached hydrogens (tertiary/aromatic N) is 2. The minimum absolute atomic E-state index is 0.0128. The van der Waals surface area contributed by atoms with E-state index in [0.717, 1.165) is 6.42 Å². The van der Waals surface area contributed by atoms with Crippen LogP contribution >= 0.6 is 0 Å². The number of para-hydroxylation sites is 2. The summed E-state index contributed by atoms with van der Waals surface area (Å²) in [6.07, 6.45) is 1.09. The zero-order valence-electron chi connectivity index (χ0n) is 15.0. The molecule has 1 N–H and O–H groups in total. The van der Waals surface area contributed by atoms with Crippen LogP contribution < -0.4 is 10.2 Å². The summed E-state index contributed by atoms with van der Waals surface area (Å²) < 4.78 is 0. The van der Waals surface area contributed by atoms with Crippen LogP contribution in [0.2, 0.25) is 0 Å². The van der Waals surface area contributed by atoms with Crippen molar-refractivity contribution in [1.82, 2.24) is 4.90 Å². The van der Waals surface area contributed by atoms with Crippen LogP contribution in [0.15, 0.2) is 48.5 Å². The zero-order valence-corrected chi connectivity index (χ0v) is 15.0. The van der Waals surface area contributed by atoms with E-state index in [9.17, 15) is 14.4 Å². The predicted molar refractivity (Wildman–Crippen MR) is 102 cm³/mol. The van der Waals surface area contributed by atoms with Crippen LogP contribution in [0.1, 0.15) is 24.0 Å². The number of anilines is 2. The Morgan fingerprint density at radius 1 is 0.889 bits per heavy atom.